The van der Waals surface area contributed by atoms with Gasteiger partial charge in [-0.3, -0.25) is 8.99 Å². The van der Waals surface area contributed by atoms with Crippen LogP contribution in [-0.2, 0) is 18.6 Å². The molecule has 0 aliphatic heterocycles. The first-order valence-electron chi connectivity index (χ1n) is 9.00. The van der Waals surface area contributed by atoms with Gasteiger partial charge in [-0.05, 0) is 70.6 Å². The Bertz CT molecular complexity index is 859. The van der Waals surface area contributed by atoms with Crippen molar-refractivity contribution in [1.82, 2.24) is 14.1 Å². The summed E-state index contributed by atoms with van der Waals surface area (Å²) in [6, 6.07) is 5.92. The van der Waals surface area contributed by atoms with E-state index in [4.69, 9.17) is 17.3 Å². The van der Waals surface area contributed by atoms with Crippen molar-refractivity contribution < 1.29 is 9.50 Å². The van der Waals surface area contributed by atoms with E-state index in [0.717, 1.165) is 21.7 Å². The van der Waals surface area contributed by atoms with Crippen molar-refractivity contribution in [3.63, 3.8) is 0 Å². The van der Waals surface area contributed by atoms with Crippen LogP contribution < -0.4 is 5.73 Å². The number of aryl methyl sites for hydroxylation is 1. The van der Waals surface area contributed by atoms with Gasteiger partial charge in [0, 0.05) is 23.4 Å². The summed E-state index contributed by atoms with van der Waals surface area (Å²) in [6.07, 6.45) is 1.85. The van der Waals surface area contributed by atoms with Crippen molar-refractivity contribution >= 4 is 23.5 Å². The van der Waals surface area contributed by atoms with Gasteiger partial charge in [0.1, 0.15) is 11.4 Å². The van der Waals surface area contributed by atoms with E-state index in [1.165, 1.54) is 10.8 Å². The van der Waals surface area contributed by atoms with Gasteiger partial charge in [-0.1, -0.05) is 17.7 Å². The number of nitrogens with zero attached hydrogens (tertiary/aromatic N) is 3. The predicted octanol–water partition coefficient (Wildman–Crippen LogP) is 4.04. The van der Waals surface area contributed by atoms with Crippen molar-refractivity contribution in [3.05, 3.63) is 57.6 Å². The molecule has 0 radical (unpaired) electrons. The van der Waals surface area contributed by atoms with Crippen LogP contribution in [0, 0.1) is 6.92 Å². The first-order valence-corrected chi connectivity index (χ1v) is 10.2. The van der Waals surface area contributed by atoms with Crippen LogP contribution in [0.3, 0.4) is 0 Å². The number of nitrogens with two attached hydrogens (primary N) is 1. The lowest BCUT2D eigenvalue weighted by Crippen LogP contribution is -2.23. The minimum absolute atomic E-state index is 0.0590. The fraction of sp³-hybridized carbons (Fsp3) is 0.450. The van der Waals surface area contributed by atoms with Gasteiger partial charge in [0.15, 0.2) is 0 Å². The predicted molar refractivity (Wildman–Crippen MR) is 114 cm³/mol. The third kappa shape index (κ3) is 5.81. The highest BCUT2D eigenvalue weighted by molar-refractivity contribution is 7.97. The molecule has 0 saturated carbocycles. The molecule has 0 unspecified atom stereocenters. The van der Waals surface area contributed by atoms with Crippen LogP contribution in [0.15, 0.2) is 35.0 Å². The topological polar surface area (TPSA) is 67.3 Å². The molecule has 2 rings (SSSR count). The Morgan fingerprint density at radius 2 is 2.11 bits per heavy atom. The maximum absolute atomic E-state index is 14.0. The van der Waals surface area contributed by atoms with Gasteiger partial charge < -0.3 is 10.8 Å². The zero-order valence-electron chi connectivity index (χ0n) is 17.0. The molecule has 154 valence electrons. The molecular formula is C20H28ClFN4OS. The molecule has 0 amide bonds. The summed E-state index contributed by atoms with van der Waals surface area (Å²) in [7, 11) is 3.92. The summed E-state index contributed by atoms with van der Waals surface area (Å²) in [5, 5.41) is 15.9. The number of aromatic nitrogens is 2. The second-order valence-corrected chi connectivity index (χ2v) is 9.12. The molecule has 0 aliphatic carbocycles. The molecule has 0 spiro atoms. The van der Waals surface area contributed by atoms with Gasteiger partial charge in [-0.15, -0.1) is 0 Å². The monoisotopic (exact) mass is 426 g/mol. The molecule has 2 aromatic rings. The summed E-state index contributed by atoms with van der Waals surface area (Å²) in [5.41, 5.74) is 7.42. The van der Waals surface area contributed by atoms with Crippen LogP contribution >= 0.6 is 23.5 Å². The normalized spacial score (nSPS) is 12.9. The summed E-state index contributed by atoms with van der Waals surface area (Å²) in [6.45, 7) is 5.28. The standard InChI is InChI=1S/C20H28ClFN4OS/c1-13-16(10-14-6-7-18(17(21)11-14)28-25(4)5)19(20(2,3)27)26(24-13)12-15(22)8-9-23/h6-8,11,27H,9-10,12,23H2,1-5H3/b15-8-. The van der Waals surface area contributed by atoms with E-state index in [-0.39, 0.29) is 18.9 Å². The summed E-state index contributed by atoms with van der Waals surface area (Å²) in [4.78, 5) is 0.972. The van der Waals surface area contributed by atoms with Crippen LogP contribution in [0.4, 0.5) is 4.39 Å². The Morgan fingerprint density at radius 3 is 2.64 bits per heavy atom. The fourth-order valence-electron chi connectivity index (χ4n) is 3.09. The second kappa shape index (κ2) is 9.41. The van der Waals surface area contributed by atoms with Crippen molar-refractivity contribution in [3.8, 4) is 0 Å². The Morgan fingerprint density at radius 1 is 1.43 bits per heavy atom. The van der Waals surface area contributed by atoms with Gasteiger partial charge in [-0.25, -0.2) is 4.39 Å². The van der Waals surface area contributed by atoms with Crippen LogP contribution in [-0.4, -0.2) is 39.8 Å². The quantitative estimate of drug-likeness (QED) is 0.623. The van der Waals surface area contributed by atoms with Crippen LogP contribution in [0.5, 0.6) is 0 Å². The Kier molecular flexibility index (Phi) is 7.70. The van der Waals surface area contributed by atoms with Crippen LogP contribution in [0.25, 0.3) is 0 Å². The first kappa shape index (κ1) is 22.9. The average molecular weight is 427 g/mol. The largest absolute Gasteiger partial charge is 0.384 e. The Balaban J connectivity index is 2.41. The average Bonchev–Trinajstić information content (AvgIpc) is 2.85. The second-order valence-electron chi connectivity index (χ2n) is 7.36. The lowest BCUT2D eigenvalue weighted by molar-refractivity contribution is 0.0676. The van der Waals surface area contributed by atoms with Gasteiger partial charge >= 0.3 is 0 Å². The maximum Gasteiger partial charge on any atom is 0.119 e. The lowest BCUT2D eigenvalue weighted by Gasteiger charge is -2.21. The van der Waals surface area contributed by atoms with Gasteiger partial charge in [0.05, 0.1) is 23.0 Å². The third-order valence-corrected chi connectivity index (χ3v) is 5.47. The lowest BCUT2D eigenvalue weighted by atomic mass is 9.95. The molecule has 1 aromatic heterocycles. The van der Waals surface area contributed by atoms with Crippen molar-refractivity contribution in [2.45, 2.75) is 44.2 Å². The van der Waals surface area contributed by atoms with E-state index >= 15 is 0 Å². The number of hydrogen-bond donors (Lipinski definition) is 2. The molecule has 0 aliphatic rings. The SMILES string of the molecule is Cc1nn(C/C(F)=C/CN)c(C(C)(C)O)c1Cc1ccc(SN(C)C)c(Cl)c1. The Hall–Kier alpha value is -1.38. The van der Waals surface area contributed by atoms with Crippen molar-refractivity contribution in [2.24, 2.45) is 5.73 Å². The minimum Gasteiger partial charge on any atom is -0.384 e. The van der Waals surface area contributed by atoms with Crippen LogP contribution in [0.1, 0.15) is 36.4 Å². The minimum atomic E-state index is -1.18. The van der Waals surface area contributed by atoms with E-state index in [1.54, 1.807) is 25.8 Å². The van der Waals surface area contributed by atoms with Crippen molar-refractivity contribution in [1.29, 1.82) is 0 Å². The highest BCUT2D eigenvalue weighted by Crippen LogP contribution is 2.32. The third-order valence-electron chi connectivity index (χ3n) is 4.13. The van der Waals surface area contributed by atoms with Gasteiger partial charge in [0.25, 0.3) is 0 Å². The zero-order chi connectivity index (χ0) is 21.1. The molecule has 0 saturated heterocycles. The number of allylic oxidation sites excluding steroid dienone is 1. The van der Waals surface area contributed by atoms with Crippen LogP contribution in [0.2, 0.25) is 5.02 Å². The maximum atomic E-state index is 14.0. The van der Waals surface area contributed by atoms with E-state index in [1.807, 2.05) is 43.5 Å². The van der Waals surface area contributed by atoms with Gasteiger partial charge in [0.2, 0.25) is 0 Å². The molecule has 1 heterocycles. The fourth-order valence-corrected chi connectivity index (χ4v) is 4.07. The zero-order valence-corrected chi connectivity index (χ0v) is 18.5. The Labute approximate surface area is 175 Å². The van der Waals surface area contributed by atoms with E-state index in [0.29, 0.717) is 17.1 Å². The smallest absolute Gasteiger partial charge is 0.119 e. The van der Waals surface area contributed by atoms with E-state index in [9.17, 15) is 9.50 Å². The number of benzene rings is 1. The summed E-state index contributed by atoms with van der Waals surface area (Å²) in [5.74, 6) is -0.379. The molecule has 3 N–H and O–H groups in total. The first-order chi connectivity index (χ1) is 13.0. The number of aliphatic hydroxyl groups is 1. The summed E-state index contributed by atoms with van der Waals surface area (Å²) >= 11 is 7.98. The van der Waals surface area contributed by atoms with E-state index in [2.05, 4.69) is 5.10 Å². The highest BCUT2D eigenvalue weighted by atomic mass is 35.5. The number of hydrogen-bond acceptors (Lipinski definition) is 5. The molecule has 0 fully saturated rings. The number of halogens is 2. The number of rotatable bonds is 8. The molecule has 1 aromatic carbocycles. The molecule has 5 nitrogen and oxygen atoms in total. The van der Waals surface area contributed by atoms with Gasteiger partial charge in [-0.2, -0.15) is 5.10 Å². The molecular weight excluding hydrogens is 399 g/mol. The molecule has 0 atom stereocenters. The summed E-state index contributed by atoms with van der Waals surface area (Å²) < 4.78 is 17.5. The van der Waals surface area contributed by atoms with Crippen molar-refractivity contribution in [2.75, 3.05) is 20.6 Å². The molecule has 0 bridgehead atoms. The highest BCUT2D eigenvalue weighted by Gasteiger charge is 2.28. The molecule has 28 heavy (non-hydrogen) atoms. The van der Waals surface area contributed by atoms with E-state index < -0.39 is 5.60 Å². The molecule has 8 heteroatoms.